The van der Waals surface area contributed by atoms with Gasteiger partial charge >= 0.3 is 23.9 Å². The van der Waals surface area contributed by atoms with Gasteiger partial charge in [0, 0.05) is 51.5 Å². The van der Waals surface area contributed by atoms with Crippen molar-refractivity contribution in [1.82, 2.24) is 34.9 Å². The van der Waals surface area contributed by atoms with Crippen molar-refractivity contribution in [2.24, 2.45) is 0 Å². The van der Waals surface area contributed by atoms with Gasteiger partial charge in [0.2, 0.25) is 11.8 Å². The molecule has 16 nitrogen and oxygen atoms in total. The van der Waals surface area contributed by atoms with Gasteiger partial charge in [-0.2, -0.15) is 4.98 Å². The minimum atomic E-state index is -1.21. The molecule has 2 aliphatic heterocycles. The van der Waals surface area contributed by atoms with Crippen LogP contribution >= 0.6 is 0 Å². The Morgan fingerprint density at radius 3 is 1.87 bits per heavy atom. The van der Waals surface area contributed by atoms with E-state index in [9.17, 15) is 28.8 Å². The van der Waals surface area contributed by atoms with Crippen molar-refractivity contribution in [3.8, 4) is 5.69 Å². The molecule has 2 aliphatic rings. The molecule has 6 amide bonds. The van der Waals surface area contributed by atoms with Crippen LogP contribution in [-0.2, 0) is 25.5 Å². The number of anilines is 1. The Labute approximate surface area is 304 Å². The first-order chi connectivity index (χ1) is 24.2. The van der Waals surface area contributed by atoms with Crippen LogP contribution < -0.4 is 21.6 Å². The molecule has 0 aliphatic carbocycles. The first-order valence-electron chi connectivity index (χ1n) is 17.5. The Bertz CT molecular complexity index is 1680. The van der Waals surface area contributed by atoms with Crippen molar-refractivity contribution >= 4 is 35.8 Å². The third-order valence-corrected chi connectivity index (χ3v) is 8.38. The number of piperidine rings is 1. The van der Waals surface area contributed by atoms with Crippen molar-refractivity contribution in [3.05, 3.63) is 52.6 Å². The van der Waals surface area contributed by atoms with E-state index in [0.29, 0.717) is 31.6 Å². The molecule has 16 heteroatoms. The van der Waals surface area contributed by atoms with E-state index < -0.39 is 40.6 Å². The second-order valence-electron chi connectivity index (χ2n) is 15.6. The Morgan fingerprint density at radius 2 is 1.31 bits per heavy atom. The van der Waals surface area contributed by atoms with Gasteiger partial charge in [0.15, 0.2) is 0 Å². The van der Waals surface area contributed by atoms with Crippen LogP contribution in [0.3, 0.4) is 0 Å². The highest BCUT2D eigenvalue weighted by atomic mass is 16.6. The van der Waals surface area contributed by atoms with E-state index >= 15 is 0 Å². The van der Waals surface area contributed by atoms with E-state index in [0.717, 1.165) is 5.56 Å². The van der Waals surface area contributed by atoms with Crippen molar-refractivity contribution in [2.75, 3.05) is 44.6 Å². The fraction of sp³-hybridized carbons (Fsp3) is 0.583. The predicted molar refractivity (Wildman–Crippen MR) is 193 cm³/mol. The van der Waals surface area contributed by atoms with Crippen LogP contribution in [0.5, 0.6) is 0 Å². The first-order valence-corrected chi connectivity index (χ1v) is 17.5. The number of benzene rings is 1. The lowest BCUT2D eigenvalue weighted by Gasteiger charge is -2.38. The van der Waals surface area contributed by atoms with Gasteiger partial charge in [-0.05, 0) is 92.0 Å². The number of rotatable bonds is 7. The number of urea groups is 1. The van der Waals surface area contributed by atoms with Gasteiger partial charge < -0.3 is 34.8 Å². The largest absolute Gasteiger partial charge is 0.444 e. The standard InChI is InChI=1S/C36H52N8O8/c1-34(2,3)51-32(49)37-25-13-16-41(17-14-25)28(45)23-24-9-11-26(12-10-24)44-18-15-27(39-31(44)48)38-30(47)43-21-19-42(20-22-43)29(46)36(7,8)40-33(50)52-35(4,5)6/h9-12,15,18,25H,13-14,16-17,19-23H2,1-8H3,(H,37,49)(H,40,50)(H,38,39,47,48). The number of nitrogens with one attached hydrogen (secondary N) is 3. The average molecular weight is 725 g/mol. The molecule has 2 aromatic rings. The highest BCUT2D eigenvalue weighted by molar-refractivity contribution is 5.90. The van der Waals surface area contributed by atoms with Crippen LogP contribution in [-0.4, -0.2) is 116 Å². The smallest absolute Gasteiger partial charge is 0.408 e. The number of carbonyl (C=O) groups excluding carboxylic acids is 5. The third-order valence-electron chi connectivity index (χ3n) is 8.38. The molecular formula is C36H52N8O8. The quantitative estimate of drug-likeness (QED) is 0.386. The zero-order valence-corrected chi connectivity index (χ0v) is 31.4. The Balaban J connectivity index is 1.24. The lowest BCUT2D eigenvalue weighted by Crippen LogP contribution is -2.60. The molecule has 0 spiro atoms. The van der Waals surface area contributed by atoms with Crippen molar-refractivity contribution in [2.45, 2.75) is 97.4 Å². The maximum atomic E-state index is 13.1. The lowest BCUT2D eigenvalue weighted by molar-refractivity contribution is -0.138. The molecule has 0 saturated carbocycles. The van der Waals surface area contributed by atoms with Crippen LogP contribution in [0.4, 0.5) is 20.2 Å². The van der Waals surface area contributed by atoms with Crippen LogP contribution in [0.1, 0.15) is 73.8 Å². The maximum absolute atomic E-state index is 13.1. The van der Waals surface area contributed by atoms with Crippen LogP contribution in [0.25, 0.3) is 5.69 Å². The Hall–Kier alpha value is -5.15. The number of likely N-dealkylation sites (tertiary alicyclic amines) is 1. The number of hydrogen-bond acceptors (Lipinski definition) is 9. The van der Waals surface area contributed by atoms with Gasteiger partial charge in [-0.1, -0.05) is 12.1 Å². The summed E-state index contributed by atoms with van der Waals surface area (Å²) in [5.41, 5.74) is -1.75. The van der Waals surface area contributed by atoms with Gasteiger partial charge in [-0.3, -0.25) is 19.5 Å². The number of carbonyl (C=O) groups is 5. The summed E-state index contributed by atoms with van der Waals surface area (Å²) in [4.78, 5) is 85.2. The number of nitrogens with zero attached hydrogens (tertiary/aromatic N) is 5. The molecule has 3 N–H and O–H groups in total. The molecule has 2 saturated heterocycles. The molecule has 3 heterocycles. The molecule has 0 bridgehead atoms. The van der Waals surface area contributed by atoms with Gasteiger partial charge in [-0.25, -0.2) is 19.2 Å². The number of alkyl carbamates (subject to hydrolysis) is 2. The molecule has 1 aromatic heterocycles. The summed E-state index contributed by atoms with van der Waals surface area (Å²) < 4.78 is 11.9. The number of aromatic nitrogens is 2. The van der Waals surface area contributed by atoms with E-state index in [1.54, 1.807) is 68.7 Å². The molecule has 4 rings (SSSR count). The van der Waals surface area contributed by atoms with E-state index in [1.807, 2.05) is 20.8 Å². The number of amides is 6. The van der Waals surface area contributed by atoms with Crippen LogP contribution in [0.2, 0.25) is 0 Å². The van der Waals surface area contributed by atoms with Crippen molar-refractivity contribution < 1.29 is 33.4 Å². The molecule has 0 radical (unpaired) electrons. The van der Waals surface area contributed by atoms with E-state index in [4.69, 9.17) is 9.47 Å². The summed E-state index contributed by atoms with van der Waals surface area (Å²) in [6, 6.07) is 8.03. The second kappa shape index (κ2) is 16.0. The number of hydrogen-bond donors (Lipinski definition) is 3. The van der Waals surface area contributed by atoms with Gasteiger partial charge in [0.25, 0.3) is 0 Å². The van der Waals surface area contributed by atoms with Gasteiger partial charge in [0.1, 0.15) is 22.6 Å². The summed E-state index contributed by atoms with van der Waals surface area (Å²) in [5, 5.41) is 8.15. The predicted octanol–water partition coefficient (Wildman–Crippen LogP) is 3.27. The van der Waals surface area contributed by atoms with Crippen LogP contribution in [0.15, 0.2) is 41.3 Å². The second-order valence-corrected chi connectivity index (χ2v) is 15.6. The first kappa shape index (κ1) is 39.6. The molecule has 284 valence electrons. The molecular weight excluding hydrogens is 672 g/mol. The Kier molecular flexibility index (Phi) is 12.2. The maximum Gasteiger partial charge on any atom is 0.408 e. The highest BCUT2D eigenvalue weighted by Crippen LogP contribution is 2.17. The minimum absolute atomic E-state index is 0.0190. The minimum Gasteiger partial charge on any atom is -0.444 e. The zero-order chi connectivity index (χ0) is 38.4. The molecule has 52 heavy (non-hydrogen) atoms. The van der Waals surface area contributed by atoms with E-state index in [1.165, 1.54) is 21.7 Å². The fourth-order valence-electron chi connectivity index (χ4n) is 5.79. The molecule has 2 fully saturated rings. The summed E-state index contributed by atoms with van der Waals surface area (Å²) in [7, 11) is 0. The summed E-state index contributed by atoms with van der Waals surface area (Å²) >= 11 is 0. The van der Waals surface area contributed by atoms with E-state index in [-0.39, 0.29) is 56.3 Å². The van der Waals surface area contributed by atoms with Gasteiger partial charge in [0.05, 0.1) is 12.1 Å². The summed E-state index contributed by atoms with van der Waals surface area (Å²) in [6.07, 6.45) is 1.85. The average Bonchev–Trinajstić information content (AvgIpc) is 3.03. The van der Waals surface area contributed by atoms with Crippen LogP contribution in [0, 0.1) is 0 Å². The topological polar surface area (TPSA) is 185 Å². The summed E-state index contributed by atoms with van der Waals surface area (Å²) in [6.45, 7) is 15.9. The summed E-state index contributed by atoms with van der Waals surface area (Å²) in [5.74, 6) is -0.233. The van der Waals surface area contributed by atoms with Crippen molar-refractivity contribution in [1.29, 1.82) is 0 Å². The zero-order valence-electron chi connectivity index (χ0n) is 31.4. The lowest BCUT2D eigenvalue weighted by atomic mass is 10.0. The fourth-order valence-corrected chi connectivity index (χ4v) is 5.79. The molecule has 1 aromatic carbocycles. The highest BCUT2D eigenvalue weighted by Gasteiger charge is 2.37. The molecule has 0 atom stereocenters. The SMILES string of the molecule is CC(C)(C)OC(=O)NC1CCN(C(=O)Cc2ccc(-n3ccc(NC(=O)N4CCN(C(=O)C(C)(C)NC(=O)OC(C)(C)C)CC4)nc3=O)cc2)CC1. The van der Waals surface area contributed by atoms with Crippen molar-refractivity contribution in [3.63, 3.8) is 0 Å². The number of ether oxygens (including phenoxy) is 2. The number of piperazine rings is 1. The normalized spacial score (nSPS) is 15.8. The van der Waals surface area contributed by atoms with Gasteiger partial charge in [-0.15, -0.1) is 0 Å². The third kappa shape index (κ3) is 11.4. The van der Waals surface area contributed by atoms with E-state index in [2.05, 4.69) is 20.9 Å². The monoisotopic (exact) mass is 724 g/mol. The molecule has 0 unspecified atom stereocenters. The Morgan fingerprint density at radius 1 is 0.750 bits per heavy atom.